The fourth-order valence-corrected chi connectivity index (χ4v) is 1.74. The molecule has 110 valence electrons. The van der Waals surface area contributed by atoms with Gasteiger partial charge in [0.2, 0.25) is 0 Å². The Hall–Kier alpha value is 0.380. The lowest BCUT2D eigenvalue weighted by Crippen LogP contribution is -2.32. The van der Waals surface area contributed by atoms with Gasteiger partial charge >= 0.3 is 0 Å². The van der Waals surface area contributed by atoms with Crippen molar-refractivity contribution in [2.24, 2.45) is 0 Å². The lowest BCUT2D eigenvalue weighted by molar-refractivity contribution is -0.0316. The summed E-state index contributed by atoms with van der Waals surface area (Å²) in [6.45, 7) is -1.54. The van der Waals surface area contributed by atoms with E-state index in [9.17, 15) is 0 Å². The largest absolute Gasteiger partial charge is 0.394 e. The molecule has 0 aliphatic carbocycles. The topological polar surface area (TPSA) is 140 Å². The van der Waals surface area contributed by atoms with E-state index in [2.05, 4.69) is 0 Å². The maximum absolute atomic E-state index is 9.17. The molecule has 0 rings (SSSR count). The van der Waals surface area contributed by atoms with Crippen molar-refractivity contribution in [2.75, 3.05) is 26.4 Å². The quantitative estimate of drug-likeness (QED) is 0.140. The summed E-state index contributed by atoms with van der Waals surface area (Å²) in [6, 6.07) is 0. The molecular formula is C8H18O8S2. The van der Waals surface area contributed by atoms with Gasteiger partial charge < -0.3 is 39.0 Å². The molecule has 0 aliphatic rings. The molecule has 0 saturated heterocycles. The first kappa shape index (κ1) is 18.4. The second-order valence-electron chi connectivity index (χ2n) is 3.34. The normalized spacial score (nSPS) is 18.3. The van der Waals surface area contributed by atoms with Crippen LogP contribution in [0.3, 0.4) is 0 Å². The standard InChI is InChI=1S/C8H18O8S2/c9-1-5(11)7(13)3-15-17-18-16-4-8(14)6(12)2-10/h5-14H,1-4H2/t5-,6-,7-,8-/m1/s1. The van der Waals surface area contributed by atoms with Crippen molar-refractivity contribution in [1.29, 1.82) is 0 Å². The van der Waals surface area contributed by atoms with E-state index < -0.39 is 37.6 Å². The number of rotatable bonds is 11. The molecule has 0 aromatic carbocycles. The summed E-state index contributed by atoms with van der Waals surface area (Å²) in [5.74, 6) is 0. The van der Waals surface area contributed by atoms with Crippen LogP contribution in [-0.4, -0.2) is 81.5 Å². The molecule has 0 heterocycles. The van der Waals surface area contributed by atoms with Gasteiger partial charge in [-0.1, -0.05) is 0 Å². The van der Waals surface area contributed by atoms with Crippen molar-refractivity contribution in [2.45, 2.75) is 24.4 Å². The van der Waals surface area contributed by atoms with E-state index >= 15 is 0 Å². The first-order chi connectivity index (χ1) is 8.52. The summed E-state index contributed by atoms with van der Waals surface area (Å²) in [5.41, 5.74) is 0. The average molecular weight is 306 g/mol. The Kier molecular flexibility index (Phi) is 11.5. The molecule has 0 aromatic rings. The molecular weight excluding hydrogens is 288 g/mol. The third-order valence-corrected chi connectivity index (χ3v) is 3.13. The van der Waals surface area contributed by atoms with Crippen molar-refractivity contribution in [3.8, 4) is 0 Å². The van der Waals surface area contributed by atoms with E-state index in [-0.39, 0.29) is 13.2 Å². The van der Waals surface area contributed by atoms with Crippen molar-refractivity contribution in [3.05, 3.63) is 0 Å². The SMILES string of the molecule is OC[C@@H](O)[C@H](O)COSSOC[C@@H](O)[C@H](O)CO. The minimum Gasteiger partial charge on any atom is -0.394 e. The van der Waals surface area contributed by atoms with Crippen molar-refractivity contribution < 1.29 is 39.0 Å². The van der Waals surface area contributed by atoms with Crippen molar-refractivity contribution in [1.82, 2.24) is 0 Å². The highest BCUT2D eigenvalue weighted by molar-refractivity contribution is 8.73. The van der Waals surface area contributed by atoms with Crippen LogP contribution in [0.5, 0.6) is 0 Å². The van der Waals surface area contributed by atoms with E-state index in [1.54, 1.807) is 0 Å². The molecule has 0 unspecified atom stereocenters. The average Bonchev–Trinajstić information content (AvgIpc) is 2.39. The lowest BCUT2D eigenvalue weighted by Gasteiger charge is -2.15. The smallest absolute Gasteiger partial charge is 0.107 e. The van der Waals surface area contributed by atoms with Crippen molar-refractivity contribution >= 4 is 22.1 Å². The van der Waals surface area contributed by atoms with E-state index in [0.29, 0.717) is 0 Å². The molecule has 10 heteroatoms. The Morgan fingerprint density at radius 1 is 0.667 bits per heavy atom. The van der Waals surface area contributed by atoms with Gasteiger partial charge in [-0.25, -0.2) is 0 Å². The van der Waals surface area contributed by atoms with Gasteiger partial charge in [0.15, 0.2) is 0 Å². The van der Waals surface area contributed by atoms with E-state index in [4.69, 9.17) is 39.0 Å². The maximum Gasteiger partial charge on any atom is 0.107 e. The van der Waals surface area contributed by atoms with Crippen LogP contribution in [0.15, 0.2) is 0 Å². The molecule has 0 radical (unpaired) electrons. The number of hydrogen-bond acceptors (Lipinski definition) is 10. The van der Waals surface area contributed by atoms with Crippen LogP contribution in [0, 0.1) is 0 Å². The second-order valence-corrected chi connectivity index (χ2v) is 4.90. The fourth-order valence-electron chi connectivity index (χ4n) is 0.700. The predicted octanol–water partition coefficient (Wildman–Crippen LogP) is -2.34. The van der Waals surface area contributed by atoms with Crippen molar-refractivity contribution in [3.63, 3.8) is 0 Å². The molecule has 0 bridgehead atoms. The monoisotopic (exact) mass is 306 g/mol. The molecule has 0 saturated carbocycles. The number of aliphatic hydroxyl groups is 6. The zero-order chi connectivity index (χ0) is 14.0. The molecule has 0 fully saturated rings. The van der Waals surface area contributed by atoms with Gasteiger partial charge in [-0.15, -0.1) is 0 Å². The van der Waals surface area contributed by atoms with Gasteiger partial charge in [-0.2, -0.15) is 0 Å². The van der Waals surface area contributed by atoms with Gasteiger partial charge in [0, 0.05) is 0 Å². The zero-order valence-electron chi connectivity index (χ0n) is 9.45. The summed E-state index contributed by atoms with van der Waals surface area (Å²) in [7, 11) is 0. The highest BCUT2D eigenvalue weighted by atomic mass is 33.1. The van der Waals surface area contributed by atoms with Gasteiger partial charge in [0.25, 0.3) is 0 Å². The summed E-state index contributed by atoms with van der Waals surface area (Å²) in [6.07, 6.45) is -4.94. The van der Waals surface area contributed by atoms with Crippen LogP contribution in [0.4, 0.5) is 0 Å². The van der Waals surface area contributed by atoms with Gasteiger partial charge in [-0.05, 0) is 0 Å². The Labute approximate surface area is 112 Å². The highest BCUT2D eigenvalue weighted by Crippen LogP contribution is 2.24. The Bertz CT molecular complexity index is 178. The van der Waals surface area contributed by atoms with E-state index in [0.717, 1.165) is 22.1 Å². The van der Waals surface area contributed by atoms with Crippen LogP contribution in [-0.2, 0) is 8.37 Å². The number of hydrogen-bond donors (Lipinski definition) is 6. The van der Waals surface area contributed by atoms with Crippen LogP contribution in [0.25, 0.3) is 0 Å². The molecule has 18 heavy (non-hydrogen) atoms. The summed E-state index contributed by atoms with van der Waals surface area (Å²) < 4.78 is 9.65. The minimum absolute atomic E-state index is 0.204. The minimum atomic E-state index is -1.27. The summed E-state index contributed by atoms with van der Waals surface area (Å²) >= 11 is 1.51. The Balaban J connectivity index is 3.41. The Morgan fingerprint density at radius 2 is 1.00 bits per heavy atom. The van der Waals surface area contributed by atoms with E-state index in [1.807, 2.05) is 0 Å². The molecule has 6 N–H and O–H groups in total. The fraction of sp³-hybridized carbons (Fsp3) is 1.00. The second kappa shape index (κ2) is 11.2. The molecule has 0 spiro atoms. The van der Waals surface area contributed by atoms with Crippen LogP contribution in [0.1, 0.15) is 0 Å². The lowest BCUT2D eigenvalue weighted by atomic mass is 10.2. The predicted molar refractivity (Wildman–Crippen MR) is 65.3 cm³/mol. The zero-order valence-corrected chi connectivity index (χ0v) is 11.1. The Morgan fingerprint density at radius 3 is 1.28 bits per heavy atom. The van der Waals surface area contributed by atoms with Crippen LogP contribution >= 0.6 is 22.1 Å². The molecule has 0 aromatic heterocycles. The molecule has 0 amide bonds. The molecule has 0 aliphatic heterocycles. The van der Waals surface area contributed by atoms with Gasteiger partial charge in [-0.3, -0.25) is 0 Å². The van der Waals surface area contributed by atoms with Crippen LogP contribution < -0.4 is 0 Å². The number of aliphatic hydroxyl groups excluding tert-OH is 6. The first-order valence-electron chi connectivity index (χ1n) is 5.04. The summed E-state index contributed by atoms with van der Waals surface area (Å²) in [4.78, 5) is 0. The molecule has 8 nitrogen and oxygen atoms in total. The third kappa shape index (κ3) is 8.48. The van der Waals surface area contributed by atoms with Gasteiger partial charge in [0.1, 0.15) is 24.4 Å². The van der Waals surface area contributed by atoms with Crippen LogP contribution in [0.2, 0.25) is 0 Å². The third-order valence-electron chi connectivity index (χ3n) is 1.86. The summed E-state index contributed by atoms with van der Waals surface area (Å²) in [5, 5.41) is 53.3. The van der Waals surface area contributed by atoms with E-state index in [1.165, 1.54) is 0 Å². The highest BCUT2D eigenvalue weighted by Gasteiger charge is 2.17. The maximum atomic E-state index is 9.17. The molecule has 4 atom stereocenters. The van der Waals surface area contributed by atoms with Gasteiger partial charge in [0.05, 0.1) is 48.6 Å². The first-order valence-corrected chi connectivity index (χ1v) is 7.04.